The minimum Gasteiger partial charge on any atom is -0.457 e. The molecule has 0 saturated carbocycles. The lowest BCUT2D eigenvalue weighted by Gasteiger charge is -2.51. The van der Waals surface area contributed by atoms with Gasteiger partial charge in [0.25, 0.3) is 13.4 Å². The fraction of sp³-hybridized carbons (Fsp3) is 0.130. The zero-order chi connectivity index (χ0) is 51.5. The molecule has 10 aromatic carbocycles. The van der Waals surface area contributed by atoms with Crippen molar-refractivity contribution in [2.75, 3.05) is 14.7 Å². The van der Waals surface area contributed by atoms with Gasteiger partial charge in [-0.2, -0.15) is 0 Å². The number of anilines is 9. The van der Waals surface area contributed by atoms with E-state index in [0.717, 1.165) is 33.3 Å². The maximum atomic E-state index is 7.15. The third-order valence-electron chi connectivity index (χ3n) is 17.7. The summed E-state index contributed by atoms with van der Waals surface area (Å²) in [7, 11) is 0. The van der Waals surface area contributed by atoms with E-state index in [0.29, 0.717) is 17.8 Å². The lowest BCUT2D eigenvalue weighted by Crippen LogP contribution is -2.69. The van der Waals surface area contributed by atoms with Gasteiger partial charge in [-0.15, -0.1) is 0 Å². The van der Waals surface area contributed by atoms with Gasteiger partial charge in [0.1, 0.15) is 11.2 Å². The van der Waals surface area contributed by atoms with E-state index in [1.54, 1.807) is 0 Å². The van der Waals surface area contributed by atoms with Crippen LogP contribution >= 0.6 is 11.8 Å². The van der Waals surface area contributed by atoms with Crippen LogP contribution in [0, 0.1) is 0 Å². The van der Waals surface area contributed by atoms with E-state index in [2.05, 4.69) is 256 Å². The van der Waals surface area contributed by atoms with Crippen molar-refractivity contribution in [3.8, 4) is 0 Å². The summed E-state index contributed by atoms with van der Waals surface area (Å²) < 4.78 is 7.15. The van der Waals surface area contributed by atoms with Gasteiger partial charge < -0.3 is 19.1 Å². The first-order valence-electron chi connectivity index (χ1n) is 27.7. The van der Waals surface area contributed by atoms with E-state index >= 15 is 0 Å². The molecule has 1 aromatic heterocycles. The summed E-state index contributed by atoms with van der Waals surface area (Å²) in [6.07, 6.45) is 0. The summed E-state index contributed by atoms with van der Waals surface area (Å²) >= 11 is 1.95. The average Bonchev–Trinajstić information content (AvgIpc) is 2.72. The van der Waals surface area contributed by atoms with Gasteiger partial charge in [0.2, 0.25) is 6.71 Å². The highest BCUT2D eigenvalue weighted by Crippen LogP contribution is 2.51. The Morgan fingerprint density at radius 3 is 1.60 bits per heavy atom. The molecule has 0 aliphatic carbocycles. The molecule has 0 unspecified atom stereocenters. The van der Waals surface area contributed by atoms with Crippen LogP contribution < -0.4 is 63.9 Å². The average molecular weight is 1010 g/mol. The van der Waals surface area contributed by atoms with Gasteiger partial charge >= 0.3 is 0 Å². The minimum atomic E-state index is -0.118. The van der Waals surface area contributed by atoms with Gasteiger partial charge in [-0.25, -0.2) is 0 Å². The third kappa shape index (κ3) is 6.28. The Morgan fingerprint density at radius 1 is 0.364 bits per heavy atom. The van der Waals surface area contributed by atoms with Crippen LogP contribution in [-0.2, 0) is 0 Å². The quantitative estimate of drug-likeness (QED) is 0.154. The normalized spacial score (nSPS) is 14.2. The number of rotatable bonds is 6. The van der Waals surface area contributed by atoms with Crippen LogP contribution in [0.3, 0.4) is 0 Å². The van der Waals surface area contributed by atoms with Gasteiger partial charge in [0.05, 0.1) is 0 Å². The Bertz CT molecular complexity index is 4270. The number of nitrogens with zero attached hydrogens (tertiary/aromatic N) is 3. The molecule has 0 N–H and O–H groups in total. The number of hydrogen-bond acceptors (Lipinski definition) is 5. The van der Waals surface area contributed by atoms with E-state index in [1.807, 2.05) is 11.8 Å². The number of hydrogen-bond donors (Lipinski definition) is 0. The monoisotopic (exact) mass is 1010 g/mol. The molecule has 5 aliphatic heterocycles. The van der Waals surface area contributed by atoms with E-state index in [-0.39, 0.29) is 20.1 Å². The largest absolute Gasteiger partial charge is 0.457 e. The molecule has 77 heavy (non-hydrogen) atoms. The highest BCUT2D eigenvalue weighted by atomic mass is 32.2. The van der Waals surface area contributed by atoms with Crippen molar-refractivity contribution >= 4 is 154 Å². The van der Waals surface area contributed by atoms with E-state index in [4.69, 9.17) is 4.42 Å². The Kier molecular flexibility index (Phi) is 9.81. The van der Waals surface area contributed by atoms with E-state index in [1.165, 1.54) is 115 Å². The van der Waals surface area contributed by atoms with Crippen LogP contribution in [0.2, 0.25) is 0 Å². The summed E-state index contributed by atoms with van der Waals surface area (Å²) in [6, 6.07) is 76.1. The number of para-hydroxylation sites is 5. The lowest BCUT2D eigenvalue weighted by atomic mass is 9.28. The predicted octanol–water partition coefficient (Wildman–Crippen LogP) is 12.6. The zero-order valence-corrected chi connectivity index (χ0v) is 45.0. The lowest BCUT2D eigenvalue weighted by molar-refractivity contribution is 0.671. The standard InChI is InChI=1S/C69H54B3N3OS/c1-40(2)43-35-48(41(3)4)64(49(36-43)42(5)6)71-52-28-16-20-32-62(52)77-63-39-58-53(37-54(63)71)70-50-26-14-18-30-56(50)75-57-34-33-47-46-25-13-19-31-61(46)76-69(47)67(57)72-51-27-15-17-29-55(51)73(44-21-9-7-10-22-44)60-38-59(65(70)68(75)66(60)72)74(58)45-23-11-8-12-24-45/h7-42H,1-6H3. The maximum absolute atomic E-state index is 7.15. The van der Waals surface area contributed by atoms with Gasteiger partial charge in [0.15, 0.2) is 0 Å². The van der Waals surface area contributed by atoms with Crippen LogP contribution in [0.1, 0.15) is 76.0 Å². The van der Waals surface area contributed by atoms with Crippen molar-refractivity contribution in [3.63, 3.8) is 0 Å². The van der Waals surface area contributed by atoms with E-state index < -0.39 is 0 Å². The van der Waals surface area contributed by atoms with Crippen LogP contribution in [0.25, 0.3) is 21.9 Å². The second-order valence-corrected chi connectivity index (χ2v) is 23.9. The van der Waals surface area contributed by atoms with Crippen molar-refractivity contribution in [1.29, 1.82) is 0 Å². The topological polar surface area (TPSA) is 22.9 Å². The zero-order valence-electron chi connectivity index (χ0n) is 44.2. The van der Waals surface area contributed by atoms with Crippen LogP contribution in [0.4, 0.5) is 51.2 Å². The minimum absolute atomic E-state index is 0.0472. The molecule has 0 saturated heterocycles. The molecule has 0 radical (unpaired) electrons. The summed E-state index contributed by atoms with van der Waals surface area (Å²) in [6.45, 7) is 14.2. The Morgan fingerprint density at radius 2 is 0.922 bits per heavy atom. The second-order valence-electron chi connectivity index (χ2n) is 22.8. The number of furan rings is 1. The molecular formula is C69H54B3N3OS. The van der Waals surface area contributed by atoms with Gasteiger partial charge in [0, 0.05) is 71.7 Å². The Balaban J connectivity index is 1.05. The molecule has 0 amide bonds. The summed E-state index contributed by atoms with van der Waals surface area (Å²) in [5.41, 5.74) is 29.1. The molecule has 5 aliphatic rings. The van der Waals surface area contributed by atoms with Crippen molar-refractivity contribution < 1.29 is 4.42 Å². The fourth-order valence-corrected chi connectivity index (χ4v) is 15.5. The SMILES string of the molecule is CC(C)c1cc(C(C)C)c(B2c3ccccc3Sc3cc4c(cc32)B2c3ccccc3N3c5ccc6c(oc7ccccc76)c5B5c6ccccc6N(c6ccccc6)c6cc(c2c3c65)N4c2ccccc2)c(C(C)C)c1. The second kappa shape index (κ2) is 16.7. The molecule has 366 valence electrons. The summed E-state index contributed by atoms with van der Waals surface area (Å²) in [5, 5.41) is 2.29. The van der Waals surface area contributed by atoms with Crippen LogP contribution in [0.15, 0.2) is 214 Å². The molecular weight excluding hydrogens is 951 g/mol. The van der Waals surface area contributed by atoms with Crippen molar-refractivity contribution in [2.45, 2.75) is 69.1 Å². The first kappa shape index (κ1) is 45.2. The number of fused-ring (bicyclic) bond motifs is 16. The smallest absolute Gasteiger partial charge is 0.257 e. The molecule has 6 heterocycles. The Labute approximate surface area is 456 Å². The van der Waals surface area contributed by atoms with Crippen molar-refractivity contribution in [2.24, 2.45) is 0 Å². The molecule has 11 aromatic rings. The predicted molar refractivity (Wildman–Crippen MR) is 331 cm³/mol. The van der Waals surface area contributed by atoms with Gasteiger partial charge in [-0.1, -0.05) is 197 Å². The Hall–Kier alpha value is -8.06. The maximum Gasteiger partial charge on any atom is 0.257 e. The molecule has 16 rings (SSSR count). The molecule has 4 nitrogen and oxygen atoms in total. The van der Waals surface area contributed by atoms with Gasteiger partial charge in [-0.05, 0) is 140 Å². The molecule has 0 atom stereocenters. The number of benzene rings is 10. The van der Waals surface area contributed by atoms with Crippen LogP contribution in [0.5, 0.6) is 0 Å². The summed E-state index contributed by atoms with van der Waals surface area (Å²) in [5.74, 6) is 1.12. The van der Waals surface area contributed by atoms with Crippen molar-refractivity contribution in [1.82, 2.24) is 0 Å². The van der Waals surface area contributed by atoms with Crippen molar-refractivity contribution in [3.05, 3.63) is 217 Å². The fourth-order valence-electron chi connectivity index (χ4n) is 14.4. The molecule has 0 spiro atoms. The highest BCUT2D eigenvalue weighted by Gasteiger charge is 2.53. The molecule has 0 fully saturated rings. The third-order valence-corrected chi connectivity index (χ3v) is 18.8. The van der Waals surface area contributed by atoms with Gasteiger partial charge in [-0.3, -0.25) is 0 Å². The van der Waals surface area contributed by atoms with Crippen LogP contribution in [-0.4, -0.2) is 20.1 Å². The van der Waals surface area contributed by atoms with E-state index in [9.17, 15) is 0 Å². The molecule has 0 bridgehead atoms. The summed E-state index contributed by atoms with van der Waals surface area (Å²) in [4.78, 5) is 10.5. The first-order chi connectivity index (χ1) is 37.7. The molecule has 8 heteroatoms. The first-order valence-corrected chi connectivity index (χ1v) is 28.5. The highest BCUT2D eigenvalue weighted by molar-refractivity contribution is 8.00.